The molecule has 1 rings (SSSR count). The van der Waals surface area contributed by atoms with E-state index in [-0.39, 0.29) is 5.56 Å². The Morgan fingerprint density at radius 2 is 2.43 bits per heavy atom. The molecule has 1 aromatic heterocycles. The first-order valence-corrected chi connectivity index (χ1v) is 5.66. The second kappa shape index (κ2) is 5.88. The predicted molar refractivity (Wildman–Crippen MR) is 60.2 cm³/mol. The molecule has 0 unspecified atom stereocenters. The third-order valence-corrected chi connectivity index (χ3v) is 2.42. The van der Waals surface area contributed by atoms with Crippen LogP contribution < -0.4 is 5.56 Å². The fourth-order valence-electron chi connectivity index (χ4n) is 0.878. The van der Waals surface area contributed by atoms with Crippen LogP contribution in [0.4, 0.5) is 0 Å². The molecule has 0 aliphatic heterocycles. The minimum absolute atomic E-state index is 0.110. The summed E-state index contributed by atoms with van der Waals surface area (Å²) in [6.07, 6.45) is 3.81. The van der Waals surface area contributed by atoms with E-state index in [1.54, 1.807) is 6.92 Å². The van der Waals surface area contributed by atoms with Gasteiger partial charge in [0.2, 0.25) is 0 Å². The molecule has 0 radical (unpaired) electrons. The first-order chi connectivity index (χ1) is 6.72. The van der Waals surface area contributed by atoms with Gasteiger partial charge in [-0.05, 0) is 6.92 Å². The van der Waals surface area contributed by atoms with Gasteiger partial charge in [-0.25, -0.2) is 4.98 Å². The average molecular weight is 231 g/mol. The van der Waals surface area contributed by atoms with Crippen molar-refractivity contribution < 1.29 is 0 Å². The Morgan fingerprint density at radius 3 is 3.07 bits per heavy atom. The first kappa shape index (κ1) is 11.3. The molecule has 76 valence electrons. The lowest BCUT2D eigenvalue weighted by atomic mass is 10.5. The van der Waals surface area contributed by atoms with Crippen LogP contribution in [0.1, 0.15) is 5.69 Å². The van der Waals surface area contributed by atoms with Gasteiger partial charge < -0.3 is 4.98 Å². The minimum atomic E-state index is -0.110. The monoisotopic (exact) mass is 230 g/mol. The summed E-state index contributed by atoms with van der Waals surface area (Å²) in [6.45, 7) is 1.80. The van der Waals surface area contributed by atoms with Crippen molar-refractivity contribution in [1.82, 2.24) is 9.97 Å². The van der Waals surface area contributed by atoms with E-state index in [1.807, 2.05) is 12.2 Å². The fraction of sp³-hybridized carbons (Fsp3) is 0.333. The van der Waals surface area contributed by atoms with Gasteiger partial charge in [0, 0.05) is 23.4 Å². The highest BCUT2D eigenvalue weighted by atomic mass is 35.5. The van der Waals surface area contributed by atoms with Gasteiger partial charge >= 0.3 is 0 Å². The highest BCUT2D eigenvalue weighted by Crippen LogP contribution is 2.10. The molecule has 0 saturated carbocycles. The maximum absolute atomic E-state index is 11.1. The quantitative estimate of drug-likeness (QED) is 0.372. The molecule has 0 aliphatic rings. The molecule has 0 atom stereocenters. The number of allylic oxidation sites excluding steroid dienone is 1. The van der Waals surface area contributed by atoms with Crippen LogP contribution in [0.15, 0.2) is 28.2 Å². The lowest BCUT2D eigenvalue weighted by molar-refractivity contribution is 0.907. The molecular weight excluding hydrogens is 220 g/mol. The van der Waals surface area contributed by atoms with Crippen molar-refractivity contribution >= 4 is 23.4 Å². The second-order valence-corrected chi connectivity index (χ2v) is 3.95. The normalized spacial score (nSPS) is 11.0. The number of halogens is 1. The number of nitrogens with zero attached hydrogens (tertiary/aromatic N) is 1. The van der Waals surface area contributed by atoms with Crippen LogP contribution in [0.25, 0.3) is 0 Å². The van der Waals surface area contributed by atoms with E-state index < -0.39 is 0 Å². The molecule has 0 saturated heterocycles. The Morgan fingerprint density at radius 1 is 1.64 bits per heavy atom. The van der Waals surface area contributed by atoms with E-state index >= 15 is 0 Å². The van der Waals surface area contributed by atoms with E-state index in [0.29, 0.717) is 11.0 Å². The maximum Gasteiger partial charge on any atom is 0.251 e. The number of H-pyrrole nitrogens is 1. The summed E-state index contributed by atoms with van der Waals surface area (Å²) in [5.41, 5.74) is 0.624. The van der Waals surface area contributed by atoms with Gasteiger partial charge in [-0.15, -0.1) is 11.6 Å². The Labute approximate surface area is 91.6 Å². The Hall–Kier alpha value is -0.740. The fourth-order valence-corrected chi connectivity index (χ4v) is 1.78. The van der Waals surface area contributed by atoms with E-state index in [9.17, 15) is 4.79 Å². The Balaban J connectivity index is 2.59. The van der Waals surface area contributed by atoms with Crippen molar-refractivity contribution in [2.75, 3.05) is 11.6 Å². The topological polar surface area (TPSA) is 45.8 Å². The molecule has 5 heteroatoms. The molecule has 14 heavy (non-hydrogen) atoms. The van der Waals surface area contributed by atoms with Gasteiger partial charge in [0.05, 0.1) is 0 Å². The predicted octanol–water partition coefficient (Wildman–Crippen LogP) is 1.97. The van der Waals surface area contributed by atoms with Crippen molar-refractivity contribution in [1.29, 1.82) is 0 Å². The van der Waals surface area contributed by atoms with Gasteiger partial charge in [0.25, 0.3) is 5.56 Å². The second-order valence-electron chi connectivity index (χ2n) is 2.63. The minimum Gasteiger partial charge on any atom is -0.301 e. The number of hydrogen-bond donors (Lipinski definition) is 1. The number of rotatable bonds is 4. The van der Waals surface area contributed by atoms with Crippen molar-refractivity contribution in [3.8, 4) is 0 Å². The largest absolute Gasteiger partial charge is 0.301 e. The summed E-state index contributed by atoms with van der Waals surface area (Å²) in [6, 6.07) is 1.47. The number of aryl methyl sites for hydroxylation is 1. The molecule has 0 amide bonds. The molecular formula is C9H11ClN2OS. The molecule has 1 N–H and O–H groups in total. The van der Waals surface area contributed by atoms with Crippen LogP contribution >= 0.6 is 23.4 Å². The van der Waals surface area contributed by atoms with Crippen LogP contribution in [0, 0.1) is 6.92 Å². The maximum atomic E-state index is 11.1. The molecule has 0 aliphatic carbocycles. The van der Waals surface area contributed by atoms with Crippen LogP contribution in [0.3, 0.4) is 0 Å². The summed E-state index contributed by atoms with van der Waals surface area (Å²) in [5.74, 6) is 1.28. The third-order valence-electron chi connectivity index (χ3n) is 1.42. The summed E-state index contributed by atoms with van der Waals surface area (Å²) < 4.78 is 0. The SMILES string of the molecule is Cc1cc(=O)[nH]c(SCC=CCCl)n1. The van der Waals surface area contributed by atoms with Crippen LogP contribution in [-0.4, -0.2) is 21.6 Å². The van der Waals surface area contributed by atoms with Crippen LogP contribution in [0.5, 0.6) is 0 Å². The number of thioether (sulfide) groups is 1. The summed E-state index contributed by atoms with van der Waals surface area (Å²) in [4.78, 5) is 17.9. The highest BCUT2D eigenvalue weighted by Gasteiger charge is 1.96. The number of hydrogen-bond acceptors (Lipinski definition) is 3. The van der Waals surface area contributed by atoms with Crippen molar-refractivity contribution in [2.45, 2.75) is 12.1 Å². The first-order valence-electron chi connectivity index (χ1n) is 4.14. The number of nitrogens with one attached hydrogen (secondary N) is 1. The molecule has 0 aromatic carbocycles. The molecule has 3 nitrogen and oxygen atoms in total. The lowest BCUT2D eigenvalue weighted by Crippen LogP contribution is -2.07. The van der Waals surface area contributed by atoms with Gasteiger partial charge in [-0.2, -0.15) is 0 Å². The van der Waals surface area contributed by atoms with Gasteiger partial charge in [0.15, 0.2) is 5.16 Å². The molecule has 1 aromatic rings. The summed E-state index contributed by atoms with van der Waals surface area (Å²) in [5, 5.41) is 0.647. The van der Waals surface area contributed by atoms with E-state index in [4.69, 9.17) is 11.6 Å². The zero-order valence-electron chi connectivity index (χ0n) is 7.79. The van der Waals surface area contributed by atoms with E-state index in [2.05, 4.69) is 9.97 Å². The summed E-state index contributed by atoms with van der Waals surface area (Å²) >= 11 is 6.94. The molecule has 1 heterocycles. The number of aromatic nitrogens is 2. The molecule has 0 spiro atoms. The third kappa shape index (κ3) is 3.98. The highest BCUT2D eigenvalue weighted by molar-refractivity contribution is 7.99. The molecule has 0 bridgehead atoms. The number of alkyl halides is 1. The van der Waals surface area contributed by atoms with E-state index in [1.165, 1.54) is 17.8 Å². The van der Waals surface area contributed by atoms with Crippen LogP contribution in [0.2, 0.25) is 0 Å². The Bertz CT molecular complexity index is 375. The van der Waals surface area contributed by atoms with Crippen LogP contribution in [-0.2, 0) is 0 Å². The zero-order valence-corrected chi connectivity index (χ0v) is 9.36. The summed E-state index contributed by atoms with van der Waals surface area (Å²) in [7, 11) is 0. The standard InChI is InChI=1S/C9H11ClN2OS/c1-7-6-8(13)12-9(11-7)14-5-3-2-4-10/h2-3,6H,4-5H2,1H3,(H,11,12,13). The zero-order chi connectivity index (χ0) is 10.4. The molecule has 0 fully saturated rings. The lowest BCUT2D eigenvalue weighted by Gasteiger charge is -1.97. The van der Waals surface area contributed by atoms with E-state index in [0.717, 1.165) is 11.4 Å². The van der Waals surface area contributed by atoms with Crippen molar-refractivity contribution in [2.24, 2.45) is 0 Å². The average Bonchev–Trinajstić information content (AvgIpc) is 2.11. The van der Waals surface area contributed by atoms with Crippen molar-refractivity contribution in [3.05, 3.63) is 34.3 Å². The smallest absolute Gasteiger partial charge is 0.251 e. The van der Waals surface area contributed by atoms with Gasteiger partial charge in [-0.1, -0.05) is 23.9 Å². The number of aromatic amines is 1. The Kier molecular flexibility index (Phi) is 4.76. The van der Waals surface area contributed by atoms with Gasteiger partial charge in [0.1, 0.15) is 0 Å². The van der Waals surface area contributed by atoms with Gasteiger partial charge in [-0.3, -0.25) is 4.79 Å². The van der Waals surface area contributed by atoms with Crippen molar-refractivity contribution in [3.63, 3.8) is 0 Å².